The number of hydrogen-bond donors (Lipinski definition) is 0. The highest BCUT2D eigenvalue weighted by Gasteiger charge is 2.15. The van der Waals surface area contributed by atoms with Crippen LogP contribution in [-0.4, -0.2) is 0 Å². The summed E-state index contributed by atoms with van der Waals surface area (Å²) < 4.78 is 6.08. The fourth-order valence-electron chi connectivity index (χ4n) is 7.69. The molecule has 0 bridgehead atoms. The van der Waals surface area contributed by atoms with Crippen molar-refractivity contribution in [1.29, 1.82) is 0 Å². The first-order valence-electron chi connectivity index (χ1n) is 17.8. The molecule has 0 radical (unpaired) electrons. The zero-order valence-corrected chi connectivity index (χ0v) is 28.4. The van der Waals surface area contributed by atoms with Gasteiger partial charge in [0.1, 0.15) is 11.2 Å². The summed E-state index contributed by atoms with van der Waals surface area (Å²) in [7, 11) is 0. The van der Waals surface area contributed by atoms with Crippen molar-refractivity contribution in [1.82, 2.24) is 0 Å². The van der Waals surface area contributed by atoms with Gasteiger partial charge in [-0.25, -0.2) is 0 Å². The number of hydrogen-bond acceptors (Lipinski definition) is 2. The van der Waals surface area contributed by atoms with E-state index in [1.165, 1.54) is 54.9 Å². The van der Waals surface area contributed by atoms with Crippen LogP contribution in [0.4, 0.5) is 17.1 Å². The third-order valence-corrected chi connectivity index (χ3v) is 10.3. The first kappa shape index (κ1) is 30.0. The molecule has 10 rings (SSSR count). The first-order chi connectivity index (χ1) is 25.8. The Morgan fingerprint density at radius 2 is 0.865 bits per heavy atom. The molecule has 0 saturated heterocycles. The largest absolute Gasteiger partial charge is 0.456 e. The van der Waals surface area contributed by atoms with Gasteiger partial charge < -0.3 is 9.32 Å². The molecule has 0 saturated carbocycles. The lowest BCUT2D eigenvalue weighted by Gasteiger charge is -2.26. The van der Waals surface area contributed by atoms with Crippen LogP contribution in [0.15, 0.2) is 205 Å². The van der Waals surface area contributed by atoms with Crippen LogP contribution in [0, 0.1) is 0 Å². The van der Waals surface area contributed by atoms with E-state index in [0.717, 1.165) is 39.0 Å². The molecule has 0 aliphatic heterocycles. The average Bonchev–Trinajstić information content (AvgIpc) is 3.60. The Bertz CT molecular complexity index is 2890. The topological polar surface area (TPSA) is 16.4 Å². The Balaban J connectivity index is 0.982. The maximum atomic E-state index is 6.08. The standard InChI is InChI=1S/C50H33NO/c1-2-13-40(14-3-1)51(42-28-22-35(23-29-42)38-25-31-50-48(33-38)47-16-6-7-19-49(47)52-50)41-26-20-34(21-27-41)37-11-8-12-39(32-37)44-17-9-18-45-43-15-5-4-10-36(43)24-30-46(44)45/h1-33H. The summed E-state index contributed by atoms with van der Waals surface area (Å²) in [5.74, 6) is 0. The molecule has 1 heterocycles. The number of furan rings is 1. The van der Waals surface area contributed by atoms with Crippen molar-refractivity contribution in [3.8, 4) is 33.4 Å². The molecule has 9 aromatic carbocycles. The van der Waals surface area contributed by atoms with Gasteiger partial charge in [-0.2, -0.15) is 0 Å². The van der Waals surface area contributed by atoms with Gasteiger partial charge in [0, 0.05) is 27.8 Å². The van der Waals surface area contributed by atoms with Crippen LogP contribution in [0.25, 0.3) is 76.9 Å². The van der Waals surface area contributed by atoms with Gasteiger partial charge >= 0.3 is 0 Å². The summed E-state index contributed by atoms with van der Waals surface area (Å²) in [6.07, 6.45) is 0. The molecule has 0 aliphatic carbocycles. The summed E-state index contributed by atoms with van der Waals surface area (Å²) in [6, 6.07) is 71.7. The second-order valence-electron chi connectivity index (χ2n) is 13.3. The number of nitrogens with zero attached hydrogens (tertiary/aromatic N) is 1. The zero-order chi connectivity index (χ0) is 34.4. The molecular formula is C50H33NO. The lowest BCUT2D eigenvalue weighted by Crippen LogP contribution is -2.09. The molecule has 1 aromatic heterocycles. The fourth-order valence-corrected chi connectivity index (χ4v) is 7.69. The highest BCUT2D eigenvalue weighted by molar-refractivity contribution is 6.12. The summed E-state index contributed by atoms with van der Waals surface area (Å²) in [4.78, 5) is 2.32. The third kappa shape index (κ3) is 5.21. The van der Waals surface area contributed by atoms with E-state index >= 15 is 0 Å². The number of benzene rings is 9. The van der Waals surface area contributed by atoms with Gasteiger partial charge in [-0.1, -0.05) is 140 Å². The second-order valence-corrected chi connectivity index (χ2v) is 13.3. The maximum absolute atomic E-state index is 6.08. The number of anilines is 3. The predicted octanol–water partition coefficient (Wildman–Crippen LogP) is 14.4. The minimum Gasteiger partial charge on any atom is -0.456 e. The predicted molar refractivity (Wildman–Crippen MR) is 220 cm³/mol. The van der Waals surface area contributed by atoms with Crippen LogP contribution in [0.5, 0.6) is 0 Å². The van der Waals surface area contributed by atoms with E-state index in [1.807, 2.05) is 12.1 Å². The van der Waals surface area contributed by atoms with E-state index in [1.54, 1.807) is 0 Å². The van der Waals surface area contributed by atoms with Gasteiger partial charge in [0.2, 0.25) is 0 Å². The summed E-state index contributed by atoms with van der Waals surface area (Å²) in [6.45, 7) is 0. The molecule has 10 aromatic rings. The fraction of sp³-hybridized carbons (Fsp3) is 0. The molecular weight excluding hydrogens is 631 g/mol. The Morgan fingerprint density at radius 3 is 1.65 bits per heavy atom. The third-order valence-electron chi connectivity index (χ3n) is 10.3. The van der Waals surface area contributed by atoms with Crippen molar-refractivity contribution in [2.24, 2.45) is 0 Å². The molecule has 0 atom stereocenters. The van der Waals surface area contributed by atoms with Crippen molar-refractivity contribution in [2.45, 2.75) is 0 Å². The summed E-state index contributed by atoms with van der Waals surface area (Å²) in [5.41, 5.74) is 12.3. The Hall–Kier alpha value is -6.90. The van der Waals surface area contributed by atoms with Gasteiger partial charge in [0.05, 0.1) is 0 Å². The van der Waals surface area contributed by atoms with Gasteiger partial charge in [-0.3, -0.25) is 0 Å². The van der Waals surface area contributed by atoms with Crippen LogP contribution >= 0.6 is 0 Å². The van der Waals surface area contributed by atoms with E-state index < -0.39 is 0 Å². The van der Waals surface area contributed by atoms with E-state index in [0.29, 0.717) is 0 Å². The zero-order valence-electron chi connectivity index (χ0n) is 28.4. The molecule has 2 nitrogen and oxygen atoms in total. The highest BCUT2D eigenvalue weighted by Crippen LogP contribution is 2.39. The molecule has 0 fully saturated rings. The molecule has 0 amide bonds. The van der Waals surface area contributed by atoms with Crippen LogP contribution in [0.1, 0.15) is 0 Å². The first-order valence-corrected chi connectivity index (χ1v) is 17.8. The number of rotatable bonds is 6. The average molecular weight is 664 g/mol. The van der Waals surface area contributed by atoms with E-state index in [4.69, 9.17) is 4.42 Å². The molecule has 244 valence electrons. The van der Waals surface area contributed by atoms with Gasteiger partial charge in [-0.05, 0) is 116 Å². The summed E-state index contributed by atoms with van der Waals surface area (Å²) in [5, 5.41) is 7.39. The lowest BCUT2D eigenvalue weighted by atomic mass is 9.93. The minimum absolute atomic E-state index is 0.911. The summed E-state index contributed by atoms with van der Waals surface area (Å²) >= 11 is 0. The Morgan fingerprint density at radius 1 is 0.288 bits per heavy atom. The van der Waals surface area contributed by atoms with Crippen LogP contribution < -0.4 is 4.90 Å². The van der Waals surface area contributed by atoms with Crippen molar-refractivity contribution in [3.05, 3.63) is 200 Å². The van der Waals surface area contributed by atoms with E-state index in [2.05, 4.69) is 193 Å². The van der Waals surface area contributed by atoms with Crippen molar-refractivity contribution in [2.75, 3.05) is 4.90 Å². The van der Waals surface area contributed by atoms with Crippen LogP contribution in [-0.2, 0) is 0 Å². The minimum atomic E-state index is 0.911. The quantitative estimate of drug-likeness (QED) is 0.165. The molecule has 0 unspecified atom stereocenters. The van der Waals surface area contributed by atoms with Gasteiger partial charge in [0.15, 0.2) is 0 Å². The molecule has 52 heavy (non-hydrogen) atoms. The monoisotopic (exact) mass is 663 g/mol. The van der Waals surface area contributed by atoms with Gasteiger partial charge in [0.25, 0.3) is 0 Å². The Labute approximate surface area is 302 Å². The second kappa shape index (κ2) is 12.5. The molecule has 0 N–H and O–H groups in total. The lowest BCUT2D eigenvalue weighted by molar-refractivity contribution is 0.669. The van der Waals surface area contributed by atoms with E-state index in [9.17, 15) is 0 Å². The molecule has 0 spiro atoms. The van der Waals surface area contributed by atoms with E-state index in [-0.39, 0.29) is 0 Å². The van der Waals surface area contributed by atoms with Crippen molar-refractivity contribution in [3.63, 3.8) is 0 Å². The SMILES string of the molecule is c1ccc(N(c2ccc(-c3cccc(-c4cccc5c4ccc4ccccc45)c3)cc2)c2ccc(-c3ccc4oc5ccccc5c4c3)cc2)cc1. The smallest absolute Gasteiger partial charge is 0.135 e. The van der Waals surface area contributed by atoms with Crippen molar-refractivity contribution >= 4 is 60.5 Å². The number of para-hydroxylation sites is 2. The van der Waals surface area contributed by atoms with Gasteiger partial charge in [-0.15, -0.1) is 0 Å². The van der Waals surface area contributed by atoms with Crippen molar-refractivity contribution < 1.29 is 4.42 Å². The van der Waals surface area contributed by atoms with Crippen LogP contribution in [0.2, 0.25) is 0 Å². The highest BCUT2D eigenvalue weighted by atomic mass is 16.3. The van der Waals surface area contributed by atoms with Crippen LogP contribution in [0.3, 0.4) is 0 Å². The molecule has 2 heteroatoms. The maximum Gasteiger partial charge on any atom is 0.135 e. The number of fused-ring (bicyclic) bond motifs is 6. The molecule has 0 aliphatic rings. The Kier molecular flexibility index (Phi) is 7.18. The normalized spacial score (nSPS) is 11.5.